The van der Waals surface area contributed by atoms with Crippen molar-refractivity contribution in [1.29, 1.82) is 0 Å². The average molecular weight is 453 g/mol. The number of oxime groups is 1. The van der Waals surface area contributed by atoms with Crippen LogP contribution in [0.4, 0.5) is 0 Å². The van der Waals surface area contributed by atoms with Crippen molar-refractivity contribution in [3.63, 3.8) is 0 Å². The highest BCUT2D eigenvalue weighted by molar-refractivity contribution is 7.18. The van der Waals surface area contributed by atoms with Crippen molar-refractivity contribution in [3.05, 3.63) is 45.1 Å². The maximum absolute atomic E-state index is 13.1. The van der Waals surface area contributed by atoms with Crippen LogP contribution in [0.25, 0.3) is 0 Å². The number of halogens is 1. The molecular weight excluding hydrogens is 432 g/mol. The molecule has 30 heavy (non-hydrogen) atoms. The Morgan fingerprint density at radius 1 is 1.20 bits per heavy atom. The second-order valence-electron chi connectivity index (χ2n) is 6.43. The Morgan fingerprint density at radius 3 is 2.47 bits per heavy atom. The van der Waals surface area contributed by atoms with Gasteiger partial charge in [-0.3, -0.25) is 9.59 Å². The summed E-state index contributed by atoms with van der Waals surface area (Å²) in [6.07, 6.45) is -0.549. The van der Waals surface area contributed by atoms with E-state index in [9.17, 15) is 9.59 Å². The number of ether oxygens (including phenoxy) is 3. The first-order valence-corrected chi connectivity index (χ1v) is 10.2. The van der Waals surface area contributed by atoms with E-state index in [0.717, 1.165) is 10.4 Å². The van der Waals surface area contributed by atoms with E-state index in [1.54, 1.807) is 24.3 Å². The zero-order chi connectivity index (χ0) is 21.7. The molecule has 1 unspecified atom stereocenters. The Labute approximate surface area is 182 Å². The SMILES string of the molecule is COC(=O)CN(Cc1cc(OC)cc(OC)c1)C(=O)C1CC(c2ccc(Cl)s2)=NO1. The van der Waals surface area contributed by atoms with Crippen LogP contribution < -0.4 is 9.47 Å². The lowest BCUT2D eigenvalue weighted by Crippen LogP contribution is -2.42. The number of rotatable bonds is 8. The van der Waals surface area contributed by atoms with Crippen molar-refractivity contribution in [2.45, 2.75) is 19.1 Å². The Kier molecular flexibility index (Phi) is 7.17. The number of carbonyl (C=O) groups excluding carboxylic acids is 2. The third-order valence-corrected chi connectivity index (χ3v) is 5.73. The molecule has 0 N–H and O–H groups in total. The maximum Gasteiger partial charge on any atom is 0.325 e. The van der Waals surface area contributed by atoms with Crippen molar-refractivity contribution in [1.82, 2.24) is 4.90 Å². The van der Waals surface area contributed by atoms with E-state index in [0.29, 0.717) is 21.5 Å². The third-order valence-electron chi connectivity index (χ3n) is 4.45. The molecule has 2 aromatic rings. The summed E-state index contributed by atoms with van der Waals surface area (Å²) in [5, 5.41) is 4.03. The van der Waals surface area contributed by atoms with Crippen LogP contribution >= 0.6 is 22.9 Å². The summed E-state index contributed by atoms with van der Waals surface area (Å²) in [5.41, 5.74) is 1.37. The number of carbonyl (C=O) groups is 2. The number of hydrogen-bond acceptors (Lipinski definition) is 8. The monoisotopic (exact) mass is 452 g/mol. The molecule has 2 heterocycles. The van der Waals surface area contributed by atoms with Gasteiger partial charge in [0.25, 0.3) is 5.91 Å². The molecule has 8 nitrogen and oxygen atoms in total. The highest BCUT2D eigenvalue weighted by Gasteiger charge is 2.34. The number of thiophene rings is 1. The first kappa shape index (κ1) is 21.9. The Hall–Kier alpha value is -2.78. The first-order chi connectivity index (χ1) is 14.4. The molecule has 0 aliphatic carbocycles. The van der Waals surface area contributed by atoms with Gasteiger partial charge >= 0.3 is 5.97 Å². The number of benzene rings is 1. The summed E-state index contributed by atoms with van der Waals surface area (Å²) in [6, 6.07) is 8.86. The molecule has 1 amide bonds. The summed E-state index contributed by atoms with van der Waals surface area (Å²) in [7, 11) is 4.35. The lowest BCUT2D eigenvalue weighted by Gasteiger charge is -2.24. The standard InChI is InChI=1S/C20H21ClN2O6S/c1-26-13-6-12(7-14(8-13)27-2)10-23(11-19(24)28-3)20(25)16-9-15(22-29-16)17-4-5-18(21)30-17/h4-8,16H,9-11H2,1-3H3. The Bertz CT molecular complexity index is 938. The van der Waals surface area contributed by atoms with Crippen LogP contribution in [-0.2, 0) is 25.7 Å². The Balaban J connectivity index is 1.77. The smallest absolute Gasteiger partial charge is 0.325 e. The van der Waals surface area contributed by atoms with E-state index >= 15 is 0 Å². The molecule has 0 saturated heterocycles. The van der Waals surface area contributed by atoms with E-state index < -0.39 is 12.1 Å². The minimum Gasteiger partial charge on any atom is -0.497 e. The van der Waals surface area contributed by atoms with Gasteiger partial charge < -0.3 is 23.9 Å². The summed E-state index contributed by atoms with van der Waals surface area (Å²) in [5.74, 6) is 0.241. The highest BCUT2D eigenvalue weighted by atomic mass is 35.5. The number of esters is 1. The number of amides is 1. The molecule has 0 radical (unpaired) electrons. The van der Waals surface area contributed by atoms with Crippen LogP contribution in [0.3, 0.4) is 0 Å². The van der Waals surface area contributed by atoms with Gasteiger partial charge in [0.2, 0.25) is 6.10 Å². The molecule has 160 valence electrons. The lowest BCUT2D eigenvalue weighted by molar-refractivity contribution is -0.152. The van der Waals surface area contributed by atoms with E-state index in [1.165, 1.54) is 37.6 Å². The molecular formula is C20H21ClN2O6S. The van der Waals surface area contributed by atoms with E-state index in [4.69, 9.17) is 30.6 Å². The number of nitrogens with zero attached hydrogens (tertiary/aromatic N) is 2. The van der Waals surface area contributed by atoms with Crippen LogP contribution in [0.2, 0.25) is 4.34 Å². The maximum atomic E-state index is 13.1. The molecule has 1 aromatic carbocycles. The van der Waals surface area contributed by atoms with Crippen LogP contribution in [-0.4, -0.2) is 56.5 Å². The minimum atomic E-state index is -0.835. The van der Waals surface area contributed by atoms with Crippen molar-refractivity contribution in [3.8, 4) is 11.5 Å². The van der Waals surface area contributed by atoms with Gasteiger partial charge in [0, 0.05) is 19.0 Å². The van der Waals surface area contributed by atoms with Gasteiger partial charge in [-0.25, -0.2) is 0 Å². The van der Waals surface area contributed by atoms with Crippen LogP contribution in [0.15, 0.2) is 35.5 Å². The van der Waals surface area contributed by atoms with Gasteiger partial charge in [-0.2, -0.15) is 0 Å². The number of hydrogen-bond donors (Lipinski definition) is 0. The van der Waals surface area contributed by atoms with E-state index in [2.05, 4.69) is 5.16 Å². The van der Waals surface area contributed by atoms with Gasteiger partial charge in [-0.05, 0) is 29.8 Å². The van der Waals surface area contributed by atoms with Gasteiger partial charge in [0.15, 0.2) is 0 Å². The predicted octanol–water partition coefficient (Wildman–Crippen LogP) is 3.11. The van der Waals surface area contributed by atoms with Gasteiger partial charge in [0.1, 0.15) is 23.8 Å². The molecule has 10 heteroatoms. The third kappa shape index (κ3) is 5.22. The molecule has 0 bridgehead atoms. The quantitative estimate of drug-likeness (QED) is 0.572. The molecule has 0 fully saturated rings. The fourth-order valence-electron chi connectivity index (χ4n) is 2.94. The summed E-state index contributed by atoms with van der Waals surface area (Å²) in [4.78, 5) is 32.6. The largest absolute Gasteiger partial charge is 0.497 e. The normalized spacial score (nSPS) is 15.2. The zero-order valence-electron chi connectivity index (χ0n) is 16.7. The summed E-state index contributed by atoms with van der Waals surface area (Å²) < 4.78 is 15.9. The van der Waals surface area contributed by atoms with Crippen molar-refractivity contribution in [2.24, 2.45) is 5.16 Å². The fourth-order valence-corrected chi connectivity index (χ4v) is 3.97. The second kappa shape index (κ2) is 9.82. The lowest BCUT2D eigenvalue weighted by atomic mass is 10.1. The summed E-state index contributed by atoms with van der Waals surface area (Å²) >= 11 is 7.34. The molecule has 0 saturated carbocycles. The molecule has 3 rings (SSSR count). The van der Waals surface area contributed by atoms with Crippen LogP contribution in [0.5, 0.6) is 11.5 Å². The average Bonchev–Trinajstić information content (AvgIpc) is 3.41. The molecule has 1 aromatic heterocycles. The van der Waals surface area contributed by atoms with Gasteiger partial charge in [-0.1, -0.05) is 16.8 Å². The highest BCUT2D eigenvalue weighted by Crippen LogP contribution is 2.28. The van der Waals surface area contributed by atoms with Crippen LogP contribution in [0, 0.1) is 0 Å². The number of methoxy groups -OCH3 is 3. The molecule has 0 spiro atoms. The predicted molar refractivity (Wildman–Crippen MR) is 112 cm³/mol. The summed E-state index contributed by atoms with van der Waals surface area (Å²) in [6.45, 7) is -0.0869. The molecule has 1 atom stereocenters. The van der Waals surface area contributed by atoms with Crippen molar-refractivity contribution in [2.75, 3.05) is 27.9 Å². The molecule has 1 aliphatic heterocycles. The van der Waals surface area contributed by atoms with Crippen molar-refractivity contribution >= 4 is 40.5 Å². The Morgan fingerprint density at radius 2 is 1.90 bits per heavy atom. The molecule has 1 aliphatic rings. The van der Waals surface area contributed by atoms with Gasteiger partial charge in [0.05, 0.1) is 30.5 Å². The zero-order valence-corrected chi connectivity index (χ0v) is 18.3. The minimum absolute atomic E-state index is 0.140. The van der Waals surface area contributed by atoms with Crippen molar-refractivity contribution < 1.29 is 28.6 Å². The van der Waals surface area contributed by atoms with E-state index in [1.807, 2.05) is 6.07 Å². The first-order valence-electron chi connectivity index (χ1n) is 8.99. The second-order valence-corrected chi connectivity index (χ2v) is 8.15. The topological polar surface area (TPSA) is 86.7 Å². The fraction of sp³-hybridized carbons (Fsp3) is 0.350. The van der Waals surface area contributed by atoms with Gasteiger partial charge in [-0.15, -0.1) is 11.3 Å². The van der Waals surface area contributed by atoms with E-state index in [-0.39, 0.29) is 25.4 Å². The van der Waals surface area contributed by atoms with Crippen LogP contribution in [0.1, 0.15) is 16.9 Å².